The van der Waals surface area contributed by atoms with Crippen LogP contribution >= 0.6 is 0 Å². The SMILES string of the molecule is [2H]c1c([2H])c([2H])c(-c2nc(-n3c4ccccc4c4cc5ccc6c7ccccc7oc6c5cc43)nc3c2ccc2ccccc23)c([2H])c1[2H]. The molecule has 44 heavy (non-hydrogen) atoms. The minimum absolute atomic E-state index is 0.0325. The van der Waals surface area contributed by atoms with Gasteiger partial charge in [0.2, 0.25) is 5.95 Å². The lowest BCUT2D eigenvalue weighted by atomic mass is 10.0. The molecule has 204 valence electrons. The molecular weight excluding hydrogens is 538 g/mol. The van der Waals surface area contributed by atoms with Gasteiger partial charge in [-0.1, -0.05) is 103 Å². The maximum atomic E-state index is 8.88. The fourth-order valence-electron chi connectivity index (χ4n) is 6.70. The van der Waals surface area contributed by atoms with Gasteiger partial charge in [-0.25, -0.2) is 9.97 Å². The lowest BCUT2D eigenvalue weighted by molar-refractivity contribution is 0.672. The first-order chi connectivity index (χ1) is 23.9. The Morgan fingerprint density at radius 3 is 2.20 bits per heavy atom. The average Bonchev–Trinajstić information content (AvgIpc) is 3.68. The number of hydrogen-bond donors (Lipinski definition) is 0. The Morgan fingerprint density at radius 1 is 0.545 bits per heavy atom. The summed E-state index contributed by atoms with van der Waals surface area (Å²) >= 11 is 0. The zero-order valence-electron chi connectivity index (χ0n) is 28.1. The highest BCUT2D eigenvalue weighted by atomic mass is 16.3. The maximum absolute atomic E-state index is 8.88. The van der Waals surface area contributed by atoms with Gasteiger partial charge in [-0.05, 0) is 47.2 Å². The Labute approximate surface area is 258 Å². The number of para-hydroxylation sites is 2. The molecule has 0 aliphatic rings. The summed E-state index contributed by atoms with van der Waals surface area (Å²) in [7, 11) is 0. The van der Waals surface area contributed by atoms with E-state index in [-0.39, 0.29) is 23.3 Å². The summed E-state index contributed by atoms with van der Waals surface area (Å²) in [6, 6.07) is 34.4. The monoisotopic (exact) mass is 566 g/mol. The second-order valence-electron chi connectivity index (χ2n) is 11.0. The van der Waals surface area contributed by atoms with E-state index < -0.39 is 18.1 Å². The van der Waals surface area contributed by atoms with Crippen molar-refractivity contribution in [2.24, 2.45) is 0 Å². The molecule has 4 nitrogen and oxygen atoms in total. The third-order valence-electron chi connectivity index (χ3n) is 8.67. The van der Waals surface area contributed by atoms with Crippen molar-refractivity contribution >= 4 is 76.2 Å². The average molecular weight is 567 g/mol. The summed E-state index contributed by atoms with van der Waals surface area (Å²) < 4.78 is 51.3. The number of furan rings is 1. The van der Waals surface area contributed by atoms with Gasteiger partial charge in [0.05, 0.1) is 29.1 Å². The van der Waals surface area contributed by atoms with Crippen LogP contribution in [0.15, 0.2) is 144 Å². The van der Waals surface area contributed by atoms with Crippen LogP contribution < -0.4 is 0 Å². The Hall–Kier alpha value is -6.00. The molecule has 0 aliphatic carbocycles. The summed E-state index contributed by atoms with van der Waals surface area (Å²) in [6.07, 6.45) is 0. The van der Waals surface area contributed by atoms with Crippen molar-refractivity contribution in [3.8, 4) is 17.2 Å². The highest BCUT2D eigenvalue weighted by molar-refractivity contribution is 6.20. The third kappa shape index (κ3) is 3.22. The third-order valence-corrected chi connectivity index (χ3v) is 8.67. The van der Waals surface area contributed by atoms with Crippen molar-refractivity contribution in [3.63, 3.8) is 0 Å². The van der Waals surface area contributed by atoms with Gasteiger partial charge in [-0.15, -0.1) is 0 Å². The summed E-state index contributed by atoms with van der Waals surface area (Å²) in [5.41, 5.74) is 4.27. The molecule has 0 aliphatic heterocycles. The minimum atomic E-state index is -0.450. The molecule has 0 unspecified atom stereocenters. The molecule has 0 radical (unpaired) electrons. The highest BCUT2D eigenvalue weighted by Crippen LogP contribution is 2.40. The van der Waals surface area contributed by atoms with Gasteiger partial charge in [-0.2, -0.15) is 0 Å². The lowest BCUT2D eigenvalue weighted by Crippen LogP contribution is -2.03. The fraction of sp³-hybridized carbons (Fsp3) is 0. The van der Waals surface area contributed by atoms with Crippen LogP contribution in [0.5, 0.6) is 0 Å². The molecule has 4 heteroatoms. The van der Waals surface area contributed by atoms with Crippen molar-refractivity contribution < 1.29 is 11.3 Å². The first kappa shape index (κ1) is 19.2. The Morgan fingerprint density at radius 2 is 1.30 bits per heavy atom. The number of nitrogens with zero attached hydrogens (tertiary/aromatic N) is 3. The summed E-state index contributed by atoms with van der Waals surface area (Å²) in [5.74, 6) is 0.327. The Kier molecular flexibility index (Phi) is 3.83. The zero-order valence-corrected chi connectivity index (χ0v) is 23.1. The van der Waals surface area contributed by atoms with Gasteiger partial charge >= 0.3 is 0 Å². The van der Waals surface area contributed by atoms with E-state index in [0.717, 1.165) is 65.3 Å². The molecule has 0 amide bonds. The molecule has 0 spiro atoms. The van der Waals surface area contributed by atoms with Crippen molar-refractivity contribution in [3.05, 3.63) is 139 Å². The highest BCUT2D eigenvalue weighted by Gasteiger charge is 2.20. The van der Waals surface area contributed by atoms with Crippen molar-refractivity contribution in [1.82, 2.24) is 14.5 Å². The Bertz CT molecular complexity index is 3040. The van der Waals surface area contributed by atoms with Crippen molar-refractivity contribution in [2.45, 2.75) is 0 Å². The lowest BCUT2D eigenvalue weighted by Gasteiger charge is -2.13. The van der Waals surface area contributed by atoms with Crippen LogP contribution in [-0.2, 0) is 0 Å². The largest absolute Gasteiger partial charge is 0.455 e. The van der Waals surface area contributed by atoms with Crippen LogP contribution in [0.25, 0.3) is 93.4 Å². The second-order valence-corrected chi connectivity index (χ2v) is 11.0. The molecule has 0 fully saturated rings. The van der Waals surface area contributed by atoms with Crippen LogP contribution in [0.2, 0.25) is 0 Å². The summed E-state index contributed by atoms with van der Waals surface area (Å²) in [5, 5.41) is 8.50. The van der Waals surface area contributed by atoms with E-state index in [1.165, 1.54) is 0 Å². The van der Waals surface area contributed by atoms with Gasteiger partial charge in [0.1, 0.15) is 11.2 Å². The van der Waals surface area contributed by atoms with Crippen LogP contribution in [0.1, 0.15) is 6.85 Å². The summed E-state index contributed by atoms with van der Waals surface area (Å²) in [6.45, 7) is 0. The predicted molar refractivity (Wildman–Crippen MR) is 182 cm³/mol. The van der Waals surface area contributed by atoms with Gasteiger partial charge in [0.15, 0.2) is 0 Å². The first-order valence-corrected chi connectivity index (χ1v) is 14.4. The molecule has 0 saturated carbocycles. The molecule has 0 atom stereocenters. The van der Waals surface area contributed by atoms with E-state index in [1.807, 2.05) is 77.4 Å². The standard InChI is InChI=1S/C40H23N3O/c1-2-11-25(12-3-1)37-31-21-18-24-10-4-5-13-27(24)38(31)42-40(41-37)43-34-16-8-6-14-28(34)33-22-26-19-20-30-29-15-7-9-17-36(29)44-39(30)32(26)23-35(33)43/h1-23H/i1D,2D,3D,11D,12D. The maximum Gasteiger partial charge on any atom is 0.235 e. The number of benzene rings is 7. The van der Waals surface area contributed by atoms with Crippen LogP contribution in [0, 0.1) is 0 Å². The number of hydrogen-bond acceptors (Lipinski definition) is 3. The normalized spacial score (nSPS) is 13.7. The van der Waals surface area contributed by atoms with E-state index in [4.69, 9.17) is 21.2 Å². The van der Waals surface area contributed by atoms with Gasteiger partial charge in [0.25, 0.3) is 0 Å². The molecule has 3 heterocycles. The van der Waals surface area contributed by atoms with E-state index >= 15 is 0 Å². The van der Waals surface area contributed by atoms with Crippen LogP contribution in [0.4, 0.5) is 0 Å². The van der Waals surface area contributed by atoms with E-state index in [2.05, 4.69) is 36.4 Å². The summed E-state index contributed by atoms with van der Waals surface area (Å²) in [4.78, 5) is 10.3. The van der Waals surface area contributed by atoms with Crippen LogP contribution in [-0.4, -0.2) is 14.5 Å². The zero-order chi connectivity index (χ0) is 33.1. The number of fused-ring (bicyclic) bond motifs is 11. The fourth-order valence-corrected chi connectivity index (χ4v) is 6.70. The quantitative estimate of drug-likeness (QED) is 0.196. The molecule has 0 bridgehead atoms. The second kappa shape index (κ2) is 8.76. The van der Waals surface area contributed by atoms with Crippen LogP contribution in [0.3, 0.4) is 0 Å². The molecule has 0 N–H and O–H groups in total. The predicted octanol–water partition coefficient (Wildman–Crippen LogP) is 10.6. The van der Waals surface area contributed by atoms with Gasteiger partial charge in [-0.3, -0.25) is 4.57 Å². The molecule has 10 aromatic rings. The molecule has 7 aromatic carbocycles. The molecule has 0 saturated heterocycles. The van der Waals surface area contributed by atoms with E-state index in [0.29, 0.717) is 16.9 Å². The smallest absolute Gasteiger partial charge is 0.235 e. The van der Waals surface area contributed by atoms with E-state index in [1.54, 1.807) is 0 Å². The molecule has 10 rings (SSSR count). The topological polar surface area (TPSA) is 43.9 Å². The molecule has 3 aromatic heterocycles. The van der Waals surface area contributed by atoms with Gasteiger partial charge in [0, 0.05) is 43.3 Å². The number of rotatable bonds is 2. The first-order valence-electron chi connectivity index (χ1n) is 16.9. The minimum Gasteiger partial charge on any atom is -0.455 e. The number of aromatic nitrogens is 3. The van der Waals surface area contributed by atoms with E-state index in [9.17, 15) is 0 Å². The Balaban J connectivity index is 1.38. The van der Waals surface area contributed by atoms with Crippen molar-refractivity contribution in [1.29, 1.82) is 0 Å². The molecular formula is C40H23N3O. The van der Waals surface area contributed by atoms with Gasteiger partial charge < -0.3 is 4.42 Å². The van der Waals surface area contributed by atoms with Crippen molar-refractivity contribution in [2.75, 3.05) is 0 Å².